The number of ether oxygens (including phenoxy) is 3. The van der Waals surface area contributed by atoms with Crippen LogP contribution in [0.4, 0.5) is 5.69 Å². The smallest absolute Gasteiger partial charge is 0.338 e. The molecule has 0 unspecified atom stereocenters. The van der Waals surface area contributed by atoms with E-state index in [0.717, 1.165) is 11.3 Å². The number of allylic oxidation sites excluding steroid dienone is 1. The fourth-order valence-electron chi connectivity index (χ4n) is 5.06. The SMILES string of the molecule is C=CCN1C(=O)C(=c2sc3n(c2=O)[C@H](c2ccc(OC(C)=O)c(OC)c2)C(C(=O)OCC)=C(C)N=3)c2ccccc21. The largest absolute Gasteiger partial charge is 0.493 e. The summed E-state index contributed by atoms with van der Waals surface area (Å²) < 4.78 is 17.7. The number of hydrogen-bond acceptors (Lipinski definition) is 9. The number of benzene rings is 2. The molecule has 0 saturated heterocycles. The summed E-state index contributed by atoms with van der Waals surface area (Å²) in [6.45, 7) is 8.79. The van der Waals surface area contributed by atoms with Crippen molar-refractivity contribution in [3.8, 4) is 11.5 Å². The molecule has 3 heterocycles. The van der Waals surface area contributed by atoms with E-state index in [-0.39, 0.29) is 46.2 Å². The van der Waals surface area contributed by atoms with E-state index in [2.05, 4.69) is 11.6 Å². The lowest BCUT2D eigenvalue weighted by Gasteiger charge is -2.25. The summed E-state index contributed by atoms with van der Waals surface area (Å²) >= 11 is 1.08. The minimum Gasteiger partial charge on any atom is -0.493 e. The van der Waals surface area contributed by atoms with Gasteiger partial charge in [0, 0.05) is 19.0 Å². The van der Waals surface area contributed by atoms with Gasteiger partial charge in [-0.15, -0.1) is 6.58 Å². The van der Waals surface area contributed by atoms with Gasteiger partial charge in [-0.25, -0.2) is 9.79 Å². The number of thiazole rings is 1. The number of carbonyl (C=O) groups is 3. The van der Waals surface area contributed by atoms with Crippen LogP contribution in [-0.2, 0) is 19.1 Å². The van der Waals surface area contributed by atoms with Crippen molar-refractivity contribution in [3.05, 3.63) is 97.2 Å². The minimum absolute atomic E-state index is 0.121. The fraction of sp³-hybridized carbons (Fsp3) is 0.233. The van der Waals surface area contributed by atoms with Crippen LogP contribution >= 0.6 is 11.3 Å². The van der Waals surface area contributed by atoms with Crippen LogP contribution in [0.15, 0.2) is 76.2 Å². The second-order valence-electron chi connectivity index (χ2n) is 9.22. The molecule has 2 aromatic carbocycles. The summed E-state index contributed by atoms with van der Waals surface area (Å²) in [5.74, 6) is -1.05. The molecule has 2 aliphatic heterocycles. The van der Waals surface area contributed by atoms with Crippen LogP contribution in [-0.4, -0.2) is 42.7 Å². The zero-order valence-corrected chi connectivity index (χ0v) is 23.7. The molecule has 41 heavy (non-hydrogen) atoms. The molecule has 0 bridgehead atoms. The number of hydrogen-bond donors (Lipinski definition) is 0. The van der Waals surface area contributed by atoms with Crippen LogP contribution in [0.25, 0.3) is 5.57 Å². The molecule has 10 nitrogen and oxygen atoms in total. The third-order valence-corrected chi connectivity index (χ3v) is 7.77. The highest BCUT2D eigenvalue weighted by molar-refractivity contribution is 7.07. The summed E-state index contributed by atoms with van der Waals surface area (Å²) in [5, 5.41) is 0. The van der Waals surface area contributed by atoms with Crippen LogP contribution in [0.2, 0.25) is 0 Å². The Morgan fingerprint density at radius 1 is 1.15 bits per heavy atom. The molecule has 210 valence electrons. The normalized spacial score (nSPS) is 17.0. The Balaban J connectivity index is 1.80. The first-order valence-corrected chi connectivity index (χ1v) is 13.6. The molecule has 1 aromatic heterocycles. The van der Waals surface area contributed by atoms with Gasteiger partial charge in [-0.3, -0.25) is 19.0 Å². The van der Waals surface area contributed by atoms with Gasteiger partial charge < -0.3 is 19.1 Å². The Morgan fingerprint density at radius 3 is 2.59 bits per heavy atom. The van der Waals surface area contributed by atoms with E-state index in [0.29, 0.717) is 27.3 Å². The fourth-order valence-corrected chi connectivity index (χ4v) is 6.20. The number of fused-ring (bicyclic) bond motifs is 2. The highest BCUT2D eigenvalue weighted by atomic mass is 32.1. The van der Waals surface area contributed by atoms with Crippen molar-refractivity contribution in [1.82, 2.24) is 4.57 Å². The van der Waals surface area contributed by atoms with E-state index in [1.54, 1.807) is 43.0 Å². The van der Waals surface area contributed by atoms with Gasteiger partial charge in [0.05, 0.1) is 42.3 Å². The Hall–Kier alpha value is -4.77. The number of amides is 1. The highest BCUT2D eigenvalue weighted by Crippen LogP contribution is 2.37. The molecule has 1 amide bonds. The summed E-state index contributed by atoms with van der Waals surface area (Å²) in [6.07, 6.45) is 1.63. The first kappa shape index (κ1) is 27.8. The molecule has 0 spiro atoms. The van der Waals surface area contributed by atoms with Crippen LogP contribution in [0, 0.1) is 0 Å². The van der Waals surface area contributed by atoms with Gasteiger partial charge >= 0.3 is 11.9 Å². The molecule has 3 aromatic rings. The van der Waals surface area contributed by atoms with Crippen molar-refractivity contribution in [2.24, 2.45) is 4.99 Å². The van der Waals surface area contributed by atoms with Gasteiger partial charge in [-0.05, 0) is 37.6 Å². The quantitative estimate of drug-likeness (QED) is 0.242. The number of esters is 2. The van der Waals surface area contributed by atoms with E-state index in [4.69, 9.17) is 14.2 Å². The average molecular weight is 574 g/mol. The van der Waals surface area contributed by atoms with Gasteiger partial charge in [0.1, 0.15) is 4.53 Å². The summed E-state index contributed by atoms with van der Waals surface area (Å²) in [4.78, 5) is 59.2. The van der Waals surface area contributed by atoms with Gasteiger partial charge in [-0.2, -0.15) is 0 Å². The summed E-state index contributed by atoms with van der Waals surface area (Å²) in [5.41, 5.74) is 2.16. The van der Waals surface area contributed by atoms with Gasteiger partial charge in [-0.1, -0.05) is 41.7 Å². The number of aromatic nitrogens is 1. The minimum atomic E-state index is -0.948. The predicted molar refractivity (Wildman–Crippen MR) is 153 cm³/mol. The van der Waals surface area contributed by atoms with Crippen LogP contribution < -0.4 is 29.3 Å². The monoisotopic (exact) mass is 573 g/mol. The van der Waals surface area contributed by atoms with Crippen molar-refractivity contribution in [3.63, 3.8) is 0 Å². The highest BCUT2D eigenvalue weighted by Gasteiger charge is 2.37. The topological polar surface area (TPSA) is 117 Å². The predicted octanol–water partition coefficient (Wildman–Crippen LogP) is 2.63. The summed E-state index contributed by atoms with van der Waals surface area (Å²) in [7, 11) is 1.42. The molecule has 0 fully saturated rings. The number of nitrogens with zero attached hydrogens (tertiary/aromatic N) is 3. The lowest BCUT2D eigenvalue weighted by atomic mass is 9.95. The molecule has 2 aliphatic rings. The second-order valence-corrected chi connectivity index (χ2v) is 10.2. The standard InChI is InChI=1S/C30H27N3O7S/c1-6-14-32-20-11-9-8-10-19(20)24(27(32)35)26-28(36)33-25(18-12-13-21(40-17(4)34)22(15-18)38-5)23(29(37)39-7-2)16(3)31-30(33)41-26/h6,8-13,15,25H,1,7,14H2,2-5H3/t25-/m1/s1. The van der Waals surface area contributed by atoms with Gasteiger partial charge in [0.25, 0.3) is 11.5 Å². The first-order valence-electron chi connectivity index (χ1n) is 12.8. The van der Waals surface area contributed by atoms with Gasteiger partial charge in [0.15, 0.2) is 16.3 Å². The number of anilines is 1. The van der Waals surface area contributed by atoms with Crippen LogP contribution in [0.3, 0.4) is 0 Å². The van der Waals surface area contributed by atoms with E-state index in [9.17, 15) is 19.2 Å². The lowest BCUT2D eigenvalue weighted by Crippen LogP contribution is -2.41. The van der Waals surface area contributed by atoms with Crippen molar-refractivity contribution >= 4 is 40.4 Å². The average Bonchev–Trinajstić information content (AvgIpc) is 3.40. The van der Waals surface area contributed by atoms with Gasteiger partial charge in [0.2, 0.25) is 0 Å². The molecular formula is C30H27N3O7S. The molecule has 5 rings (SSSR count). The first-order chi connectivity index (χ1) is 19.7. The maximum Gasteiger partial charge on any atom is 0.338 e. The van der Waals surface area contributed by atoms with Crippen LogP contribution in [0.1, 0.15) is 37.9 Å². The molecular weight excluding hydrogens is 546 g/mol. The molecule has 0 N–H and O–H groups in total. The van der Waals surface area contributed by atoms with E-state index in [1.165, 1.54) is 24.7 Å². The summed E-state index contributed by atoms with van der Waals surface area (Å²) in [6, 6.07) is 11.1. The molecule has 0 saturated carbocycles. The van der Waals surface area contributed by atoms with Crippen molar-refractivity contribution in [2.45, 2.75) is 26.8 Å². The molecule has 0 aliphatic carbocycles. The lowest BCUT2D eigenvalue weighted by molar-refractivity contribution is -0.139. The third-order valence-electron chi connectivity index (χ3n) is 6.71. The zero-order valence-electron chi connectivity index (χ0n) is 22.9. The Bertz CT molecular complexity index is 1830. The maximum atomic E-state index is 14.2. The van der Waals surface area contributed by atoms with Crippen LogP contribution in [0.5, 0.6) is 11.5 Å². The number of rotatable bonds is 7. The van der Waals surface area contributed by atoms with E-state index in [1.807, 2.05) is 18.2 Å². The van der Waals surface area contributed by atoms with Crippen molar-refractivity contribution in [2.75, 3.05) is 25.2 Å². The Kier molecular flexibility index (Phi) is 7.46. The number of methoxy groups -OCH3 is 1. The van der Waals surface area contributed by atoms with E-state index < -0.39 is 23.5 Å². The number of para-hydroxylation sites is 1. The third kappa shape index (κ3) is 4.67. The Labute approximate surface area is 239 Å². The molecule has 0 radical (unpaired) electrons. The molecule has 11 heteroatoms. The zero-order chi connectivity index (χ0) is 29.4. The molecule has 1 atom stereocenters. The van der Waals surface area contributed by atoms with Crippen molar-refractivity contribution in [1.29, 1.82) is 0 Å². The maximum absolute atomic E-state index is 14.2. The Morgan fingerprint density at radius 2 is 1.90 bits per heavy atom. The van der Waals surface area contributed by atoms with Crippen molar-refractivity contribution < 1.29 is 28.6 Å². The second kappa shape index (κ2) is 11.0. The number of carbonyl (C=O) groups excluding carboxylic acids is 3. The van der Waals surface area contributed by atoms with E-state index >= 15 is 0 Å².